The maximum Gasteiger partial charge on any atom is 0.310 e. The number of aromatic nitrogens is 1. The molecule has 0 spiro atoms. The van der Waals surface area contributed by atoms with Crippen LogP contribution in [0.25, 0.3) is 10.9 Å². The van der Waals surface area contributed by atoms with Crippen LogP contribution < -0.4 is 4.72 Å². The van der Waals surface area contributed by atoms with E-state index in [-0.39, 0.29) is 22.4 Å². The van der Waals surface area contributed by atoms with Gasteiger partial charge in [0.15, 0.2) is 0 Å². The first-order valence-electron chi connectivity index (χ1n) is 6.90. The largest absolute Gasteiger partial charge is 0.360 e. The third-order valence-electron chi connectivity index (χ3n) is 3.53. The number of halogens is 7. The number of hydrogen-bond donors (Lipinski definition) is 2. The molecule has 13 heteroatoms. The van der Waals surface area contributed by atoms with Gasteiger partial charge in [0.2, 0.25) is 0 Å². The molecule has 0 atom stereocenters. The van der Waals surface area contributed by atoms with E-state index < -0.39 is 42.7 Å². The lowest BCUT2D eigenvalue weighted by atomic mass is 10.2. The van der Waals surface area contributed by atoms with E-state index in [1.807, 2.05) is 0 Å². The first-order valence-corrected chi connectivity index (χ1v) is 10.7. The molecule has 1 aromatic heterocycles. The zero-order valence-corrected chi connectivity index (χ0v) is 15.2. The Morgan fingerprint density at radius 3 is 2.26 bits per heavy atom. The molecule has 0 amide bonds. The molecule has 2 aromatic carbocycles. The normalized spacial score (nSPS) is 15.4. The number of nitrogens with one attached hydrogen (secondary N) is 2. The van der Waals surface area contributed by atoms with Gasteiger partial charge in [-0.2, -0.15) is 0 Å². The molecule has 0 radical (unpaired) electrons. The molecule has 0 saturated carbocycles. The van der Waals surface area contributed by atoms with Gasteiger partial charge >= 0.3 is 10.2 Å². The van der Waals surface area contributed by atoms with Crippen molar-refractivity contribution in [3.05, 3.63) is 53.4 Å². The summed E-state index contributed by atoms with van der Waals surface area (Å²) in [6, 6.07) is 3.95. The molecule has 0 aliphatic heterocycles. The van der Waals surface area contributed by atoms with Gasteiger partial charge in [-0.25, -0.2) is 12.8 Å². The van der Waals surface area contributed by atoms with Crippen molar-refractivity contribution in [1.82, 2.24) is 4.98 Å². The highest BCUT2D eigenvalue weighted by Gasteiger charge is 2.65. The predicted molar refractivity (Wildman–Crippen MR) is 91.9 cm³/mol. The SMILES string of the molecule is O=S(=O)(Nc1ccc(S(F)(F)(F)(F)F)cc1F)c1c[nH]c2cc(Cl)ccc12. The van der Waals surface area contributed by atoms with Crippen LogP contribution in [0, 0.1) is 5.82 Å². The summed E-state index contributed by atoms with van der Waals surface area (Å²) in [6.45, 7) is 0. The highest BCUT2D eigenvalue weighted by Crippen LogP contribution is 3.02. The average molecular weight is 451 g/mol. The van der Waals surface area contributed by atoms with Gasteiger partial charge in [-0.05, 0) is 36.4 Å². The summed E-state index contributed by atoms with van der Waals surface area (Å²) in [7, 11) is -14.5. The van der Waals surface area contributed by atoms with Gasteiger partial charge in [0.25, 0.3) is 10.0 Å². The lowest BCUT2D eigenvalue weighted by molar-refractivity contribution is 0.363. The summed E-state index contributed by atoms with van der Waals surface area (Å²) in [5.41, 5.74) is -0.566. The number of anilines is 1. The average Bonchev–Trinajstić information content (AvgIpc) is 2.90. The molecule has 27 heavy (non-hydrogen) atoms. The van der Waals surface area contributed by atoms with E-state index in [0.717, 1.165) is 6.20 Å². The second-order valence-electron chi connectivity index (χ2n) is 5.56. The minimum atomic E-state index is -10.1. The molecule has 4 nitrogen and oxygen atoms in total. The number of rotatable bonds is 4. The number of fused-ring (bicyclic) bond motifs is 1. The van der Waals surface area contributed by atoms with Crippen LogP contribution in [0.5, 0.6) is 0 Å². The standard InChI is InChI=1S/C14H9ClF6N2O2S2/c15-8-1-3-10-13(5-8)22-7-14(10)26(24,25)23-12-4-2-9(6-11(12)16)27(17,18,19,20)21/h1-7,22-23H. The minimum absolute atomic E-state index is 0.0858. The van der Waals surface area contributed by atoms with Crippen molar-refractivity contribution in [3.8, 4) is 0 Å². The fraction of sp³-hybridized carbons (Fsp3) is 0. The molecule has 0 aliphatic carbocycles. The van der Waals surface area contributed by atoms with Crippen molar-refractivity contribution in [3.63, 3.8) is 0 Å². The highest BCUT2D eigenvalue weighted by atomic mass is 35.5. The lowest BCUT2D eigenvalue weighted by Crippen LogP contribution is -2.14. The Morgan fingerprint density at radius 1 is 1.00 bits per heavy atom. The van der Waals surface area contributed by atoms with Crippen LogP contribution in [0.3, 0.4) is 0 Å². The molecule has 0 aliphatic rings. The van der Waals surface area contributed by atoms with Crippen LogP contribution >= 0.6 is 21.8 Å². The van der Waals surface area contributed by atoms with Crippen molar-refractivity contribution in [1.29, 1.82) is 0 Å². The van der Waals surface area contributed by atoms with Crippen molar-refractivity contribution >= 4 is 48.4 Å². The molecule has 3 aromatic rings. The summed E-state index contributed by atoms with van der Waals surface area (Å²) in [5.74, 6) is -1.80. The first-order chi connectivity index (χ1) is 12.1. The third-order valence-corrected chi connectivity index (χ3v) is 6.31. The fourth-order valence-corrected chi connectivity index (χ4v) is 4.38. The Bertz CT molecular complexity index is 1180. The molecule has 0 unspecified atom stereocenters. The van der Waals surface area contributed by atoms with Gasteiger partial charge < -0.3 is 4.98 Å². The van der Waals surface area contributed by atoms with Crippen LogP contribution in [0.2, 0.25) is 5.02 Å². The van der Waals surface area contributed by atoms with E-state index in [4.69, 9.17) is 11.6 Å². The minimum Gasteiger partial charge on any atom is -0.360 e. The topological polar surface area (TPSA) is 62.0 Å². The Hall–Kier alpha value is -2.05. The Kier molecular flexibility index (Phi) is 3.84. The van der Waals surface area contributed by atoms with Gasteiger partial charge in [-0.3, -0.25) is 4.72 Å². The van der Waals surface area contributed by atoms with E-state index >= 15 is 0 Å². The van der Waals surface area contributed by atoms with E-state index in [1.165, 1.54) is 18.2 Å². The zero-order valence-electron chi connectivity index (χ0n) is 12.8. The second-order valence-corrected chi connectivity index (χ2v) is 10.1. The molecular formula is C14H9ClF6N2O2S2. The van der Waals surface area contributed by atoms with Gasteiger partial charge in [0.05, 0.1) is 5.69 Å². The van der Waals surface area contributed by atoms with Crippen LogP contribution in [-0.2, 0) is 10.0 Å². The van der Waals surface area contributed by atoms with Crippen molar-refractivity contribution in [2.75, 3.05) is 4.72 Å². The van der Waals surface area contributed by atoms with E-state index in [9.17, 15) is 32.2 Å². The van der Waals surface area contributed by atoms with Gasteiger partial charge in [0.1, 0.15) is 15.6 Å². The predicted octanol–water partition coefficient (Wildman–Crippen LogP) is 6.42. The Morgan fingerprint density at radius 2 is 1.67 bits per heavy atom. The summed E-state index contributed by atoms with van der Waals surface area (Å²) in [5, 5.41) is 0.509. The third kappa shape index (κ3) is 3.96. The van der Waals surface area contributed by atoms with Gasteiger partial charge in [-0.1, -0.05) is 31.0 Å². The number of benzene rings is 2. The molecule has 3 rings (SSSR count). The van der Waals surface area contributed by atoms with E-state index in [1.54, 1.807) is 4.72 Å². The van der Waals surface area contributed by atoms with Crippen molar-refractivity contribution in [2.45, 2.75) is 9.79 Å². The van der Waals surface area contributed by atoms with Gasteiger partial charge in [0, 0.05) is 22.1 Å². The molecule has 2 N–H and O–H groups in total. The molecular weight excluding hydrogens is 442 g/mol. The van der Waals surface area contributed by atoms with Crippen molar-refractivity contribution < 1.29 is 32.2 Å². The summed E-state index contributed by atoms with van der Waals surface area (Å²) >= 11 is 5.78. The Labute approximate surface area is 153 Å². The summed E-state index contributed by atoms with van der Waals surface area (Å²) < 4.78 is 104. The van der Waals surface area contributed by atoms with E-state index in [2.05, 4.69) is 4.98 Å². The second kappa shape index (κ2) is 5.26. The van der Waals surface area contributed by atoms with Crippen LogP contribution in [0.15, 0.2) is 52.4 Å². The number of H-pyrrole nitrogens is 1. The van der Waals surface area contributed by atoms with Gasteiger partial charge in [-0.15, -0.1) is 0 Å². The zero-order chi connectivity index (χ0) is 20.3. The number of aromatic amines is 1. The number of hydrogen-bond acceptors (Lipinski definition) is 2. The molecule has 0 bridgehead atoms. The number of sulfonamides is 1. The Balaban J connectivity index is 2.01. The summed E-state index contributed by atoms with van der Waals surface area (Å²) in [4.78, 5) is -0.155. The van der Waals surface area contributed by atoms with E-state index in [0.29, 0.717) is 10.5 Å². The summed E-state index contributed by atoms with van der Waals surface area (Å²) in [6.07, 6.45) is 1.07. The fourth-order valence-electron chi connectivity index (χ4n) is 2.31. The first kappa shape index (κ1) is 19.7. The molecule has 1 heterocycles. The maximum atomic E-state index is 13.9. The van der Waals surface area contributed by atoms with Crippen LogP contribution in [0.4, 0.5) is 29.5 Å². The smallest absolute Gasteiger partial charge is 0.310 e. The monoisotopic (exact) mass is 450 g/mol. The molecule has 0 fully saturated rings. The van der Waals surface area contributed by atoms with Crippen LogP contribution in [0.1, 0.15) is 0 Å². The van der Waals surface area contributed by atoms with Crippen molar-refractivity contribution in [2.24, 2.45) is 0 Å². The lowest BCUT2D eigenvalue weighted by Gasteiger charge is -2.40. The van der Waals surface area contributed by atoms with Crippen LogP contribution in [-0.4, -0.2) is 13.4 Å². The quantitative estimate of drug-likeness (QED) is 0.451. The molecule has 148 valence electrons. The maximum absolute atomic E-state index is 13.9. The molecule has 0 saturated heterocycles. The highest BCUT2D eigenvalue weighted by molar-refractivity contribution is 8.45.